The SMILES string of the molecule is C[C@H](c1nnc(SCc2ccc(OC(F)(F)F)cc2)n1-c1ccc(Cl)cc1)N(C)C. The van der Waals surface area contributed by atoms with E-state index < -0.39 is 6.36 Å². The first-order valence-corrected chi connectivity index (χ1v) is 10.4. The van der Waals surface area contributed by atoms with E-state index in [4.69, 9.17) is 11.6 Å². The average molecular weight is 457 g/mol. The van der Waals surface area contributed by atoms with Gasteiger partial charge in [0.05, 0.1) is 6.04 Å². The third kappa shape index (κ3) is 5.68. The summed E-state index contributed by atoms with van der Waals surface area (Å²) in [7, 11) is 3.92. The Morgan fingerprint density at radius 2 is 1.70 bits per heavy atom. The Labute approximate surface area is 181 Å². The van der Waals surface area contributed by atoms with Gasteiger partial charge in [0.1, 0.15) is 5.75 Å². The normalized spacial score (nSPS) is 12.9. The molecule has 3 aromatic rings. The van der Waals surface area contributed by atoms with E-state index in [0.29, 0.717) is 15.9 Å². The summed E-state index contributed by atoms with van der Waals surface area (Å²) in [4.78, 5) is 2.03. The third-order valence-electron chi connectivity index (χ3n) is 4.42. The molecule has 0 radical (unpaired) electrons. The van der Waals surface area contributed by atoms with E-state index in [1.165, 1.54) is 23.9 Å². The van der Waals surface area contributed by atoms with E-state index in [9.17, 15) is 13.2 Å². The lowest BCUT2D eigenvalue weighted by molar-refractivity contribution is -0.274. The minimum Gasteiger partial charge on any atom is -0.406 e. The van der Waals surface area contributed by atoms with Gasteiger partial charge in [0.2, 0.25) is 0 Å². The van der Waals surface area contributed by atoms with Crippen molar-refractivity contribution in [3.8, 4) is 11.4 Å². The van der Waals surface area contributed by atoms with Gasteiger partial charge >= 0.3 is 6.36 Å². The zero-order valence-corrected chi connectivity index (χ0v) is 18.1. The van der Waals surface area contributed by atoms with E-state index in [-0.39, 0.29) is 11.8 Å². The van der Waals surface area contributed by atoms with Gasteiger partial charge in [0, 0.05) is 16.5 Å². The molecule has 0 aliphatic heterocycles. The molecule has 0 aliphatic carbocycles. The summed E-state index contributed by atoms with van der Waals surface area (Å²) in [5.41, 5.74) is 1.71. The molecule has 0 saturated carbocycles. The first-order valence-electron chi connectivity index (χ1n) is 8.99. The lowest BCUT2D eigenvalue weighted by Gasteiger charge is -2.20. The predicted octanol–water partition coefficient (Wildman–Crippen LogP) is 5.73. The maximum Gasteiger partial charge on any atom is 0.573 e. The van der Waals surface area contributed by atoms with E-state index in [1.54, 1.807) is 24.3 Å². The molecule has 0 N–H and O–H groups in total. The number of rotatable bonds is 7. The van der Waals surface area contributed by atoms with Crippen LogP contribution in [0.4, 0.5) is 13.2 Å². The largest absolute Gasteiger partial charge is 0.573 e. The predicted molar refractivity (Wildman–Crippen MR) is 111 cm³/mol. The molecule has 30 heavy (non-hydrogen) atoms. The van der Waals surface area contributed by atoms with Gasteiger partial charge in [-0.1, -0.05) is 35.5 Å². The highest BCUT2D eigenvalue weighted by Crippen LogP contribution is 2.30. The van der Waals surface area contributed by atoms with Gasteiger partial charge in [-0.15, -0.1) is 23.4 Å². The van der Waals surface area contributed by atoms with Crippen molar-refractivity contribution >= 4 is 23.4 Å². The molecule has 1 atom stereocenters. The lowest BCUT2D eigenvalue weighted by atomic mass is 10.2. The molecule has 0 aliphatic rings. The maximum absolute atomic E-state index is 12.3. The molecule has 5 nitrogen and oxygen atoms in total. The smallest absolute Gasteiger partial charge is 0.406 e. The van der Waals surface area contributed by atoms with Crippen molar-refractivity contribution in [2.75, 3.05) is 14.1 Å². The minimum absolute atomic E-state index is 0.0151. The van der Waals surface area contributed by atoms with E-state index >= 15 is 0 Å². The second kappa shape index (κ2) is 9.28. The molecule has 0 fully saturated rings. The summed E-state index contributed by atoms with van der Waals surface area (Å²) >= 11 is 7.47. The molecule has 0 spiro atoms. The molecule has 0 amide bonds. The Hall–Kier alpha value is -2.23. The quantitative estimate of drug-likeness (QED) is 0.424. The van der Waals surface area contributed by atoms with Crippen molar-refractivity contribution in [1.29, 1.82) is 0 Å². The van der Waals surface area contributed by atoms with Gasteiger partial charge in [-0.3, -0.25) is 9.47 Å². The monoisotopic (exact) mass is 456 g/mol. The number of halogens is 4. The van der Waals surface area contributed by atoms with Crippen LogP contribution in [-0.2, 0) is 5.75 Å². The third-order valence-corrected chi connectivity index (χ3v) is 5.67. The highest BCUT2D eigenvalue weighted by atomic mass is 35.5. The van der Waals surface area contributed by atoms with Gasteiger partial charge in [0.25, 0.3) is 0 Å². The summed E-state index contributed by atoms with van der Waals surface area (Å²) in [6.45, 7) is 2.03. The average Bonchev–Trinajstić information content (AvgIpc) is 3.10. The first kappa shape index (κ1) is 22.5. The van der Waals surface area contributed by atoms with Crippen LogP contribution in [0.1, 0.15) is 24.4 Å². The Bertz CT molecular complexity index is 975. The van der Waals surface area contributed by atoms with Crippen molar-refractivity contribution < 1.29 is 17.9 Å². The molecule has 1 heterocycles. The van der Waals surface area contributed by atoms with Gasteiger partial charge in [-0.05, 0) is 63.0 Å². The van der Waals surface area contributed by atoms with Gasteiger partial charge < -0.3 is 4.74 Å². The van der Waals surface area contributed by atoms with Crippen molar-refractivity contribution in [3.63, 3.8) is 0 Å². The van der Waals surface area contributed by atoms with Crippen LogP contribution in [0.25, 0.3) is 5.69 Å². The highest BCUT2D eigenvalue weighted by molar-refractivity contribution is 7.98. The van der Waals surface area contributed by atoms with Gasteiger partial charge in [-0.2, -0.15) is 0 Å². The van der Waals surface area contributed by atoms with Gasteiger partial charge in [-0.25, -0.2) is 0 Å². The Balaban J connectivity index is 1.83. The molecule has 1 aromatic heterocycles. The number of hydrogen-bond donors (Lipinski definition) is 0. The van der Waals surface area contributed by atoms with E-state index in [1.807, 2.05) is 42.6 Å². The Morgan fingerprint density at radius 3 is 2.27 bits per heavy atom. The number of nitrogens with zero attached hydrogens (tertiary/aromatic N) is 4. The Kier molecular flexibility index (Phi) is 6.95. The van der Waals surface area contributed by atoms with Gasteiger partial charge in [0.15, 0.2) is 11.0 Å². The van der Waals surface area contributed by atoms with Crippen molar-refractivity contribution in [2.24, 2.45) is 0 Å². The summed E-state index contributed by atoms with van der Waals surface area (Å²) in [5.74, 6) is 1.04. The molecule has 2 aromatic carbocycles. The number of thioether (sulfide) groups is 1. The summed E-state index contributed by atoms with van der Waals surface area (Å²) in [6.07, 6.45) is -4.70. The lowest BCUT2D eigenvalue weighted by Crippen LogP contribution is -2.20. The van der Waals surface area contributed by atoms with Crippen molar-refractivity contribution in [3.05, 3.63) is 64.9 Å². The fraction of sp³-hybridized carbons (Fsp3) is 0.300. The number of hydrogen-bond acceptors (Lipinski definition) is 5. The fourth-order valence-corrected chi connectivity index (χ4v) is 3.69. The molecule has 3 rings (SSSR count). The van der Waals surface area contributed by atoms with Crippen LogP contribution in [0.3, 0.4) is 0 Å². The van der Waals surface area contributed by atoms with Crippen LogP contribution in [-0.4, -0.2) is 40.1 Å². The van der Waals surface area contributed by atoms with Crippen LogP contribution < -0.4 is 4.74 Å². The van der Waals surface area contributed by atoms with Crippen LogP contribution in [0, 0.1) is 0 Å². The molecule has 0 unspecified atom stereocenters. The van der Waals surface area contributed by atoms with Crippen LogP contribution >= 0.6 is 23.4 Å². The molecule has 160 valence electrons. The Morgan fingerprint density at radius 1 is 1.07 bits per heavy atom. The van der Waals surface area contributed by atoms with Crippen LogP contribution in [0.2, 0.25) is 5.02 Å². The van der Waals surface area contributed by atoms with Crippen molar-refractivity contribution in [1.82, 2.24) is 19.7 Å². The zero-order valence-electron chi connectivity index (χ0n) is 16.5. The fourth-order valence-electron chi connectivity index (χ4n) is 2.64. The molecular formula is C20H20ClF3N4OS. The zero-order chi connectivity index (χ0) is 21.9. The number of benzene rings is 2. The molecule has 10 heteroatoms. The number of aromatic nitrogens is 3. The molecule has 0 bridgehead atoms. The van der Waals surface area contributed by atoms with E-state index in [0.717, 1.165) is 17.1 Å². The second-order valence-corrected chi connectivity index (χ2v) is 8.15. The van der Waals surface area contributed by atoms with Crippen LogP contribution in [0.15, 0.2) is 53.7 Å². The number of alkyl halides is 3. The molecule has 0 saturated heterocycles. The highest BCUT2D eigenvalue weighted by Gasteiger charge is 2.31. The van der Waals surface area contributed by atoms with E-state index in [2.05, 4.69) is 14.9 Å². The summed E-state index contributed by atoms with van der Waals surface area (Å²) in [5, 5.41) is 10.0. The summed E-state index contributed by atoms with van der Waals surface area (Å²) < 4.78 is 42.8. The maximum atomic E-state index is 12.3. The molecular weight excluding hydrogens is 437 g/mol. The topological polar surface area (TPSA) is 43.2 Å². The standard InChI is InChI=1S/C20H20ClF3N4OS/c1-13(27(2)3)18-25-26-19(28(18)16-8-6-15(21)7-9-16)30-12-14-4-10-17(11-5-14)29-20(22,23)24/h4-11,13H,12H2,1-3H3/t13-/m1/s1. The first-order chi connectivity index (χ1) is 14.1. The summed E-state index contributed by atoms with van der Waals surface area (Å²) in [6, 6.07) is 13.2. The van der Waals surface area contributed by atoms with Crippen molar-refractivity contribution in [2.45, 2.75) is 30.2 Å². The second-order valence-electron chi connectivity index (χ2n) is 6.77. The number of ether oxygens (including phenoxy) is 1. The minimum atomic E-state index is -4.70. The van der Waals surface area contributed by atoms with Crippen LogP contribution in [0.5, 0.6) is 5.75 Å².